The summed E-state index contributed by atoms with van der Waals surface area (Å²) in [4.78, 5) is 25.1. The maximum absolute atomic E-state index is 12.6. The first-order chi connectivity index (χ1) is 13.1. The van der Waals surface area contributed by atoms with Gasteiger partial charge in [-0.25, -0.2) is 0 Å². The topological polar surface area (TPSA) is 72.4 Å². The van der Waals surface area contributed by atoms with Crippen LogP contribution in [0.1, 0.15) is 10.4 Å². The number of carbonyl (C=O) groups excluding carboxylic acids is 2. The minimum atomic E-state index is -0.208. The molecule has 1 aliphatic rings. The van der Waals surface area contributed by atoms with E-state index in [1.165, 1.54) is 11.8 Å². The molecule has 0 bridgehead atoms. The number of aromatic nitrogens is 1. The molecule has 3 aromatic rings. The van der Waals surface area contributed by atoms with Crippen LogP contribution in [0.2, 0.25) is 0 Å². The van der Waals surface area contributed by atoms with Gasteiger partial charge in [-0.3, -0.25) is 9.59 Å². The maximum Gasteiger partial charge on any atom is 0.255 e. The van der Waals surface area contributed by atoms with Crippen molar-refractivity contribution in [3.8, 4) is 0 Å². The van der Waals surface area contributed by atoms with Crippen molar-refractivity contribution in [3.05, 3.63) is 54.2 Å². The zero-order valence-corrected chi connectivity index (χ0v) is 15.6. The van der Waals surface area contributed by atoms with Crippen LogP contribution in [-0.4, -0.2) is 35.9 Å². The average molecular weight is 381 g/mol. The normalized spacial score (nSPS) is 13.3. The average Bonchev–Trinajstić information content (AvgIpc) is 3.07. The van der Waals surface area contributed by atoms with Gasteiger partial charge in [-0.05, 0) is 42.5 Å². The van der Waals surface area contributed by atoms with Gasteiger partial charge in [0, 0.05) is 46.9 Å². The lowest BCUT2D eigenvalue weighted by atomic mass is 10.1. The summed E-state index contributed by atoms with van der Waals surface area (Å²) >= 11 is 1.48. The fourth-order valence-electron chi connectivity index (χ4n) is 3.09. The number of carbonyl (C=O) groups is 2. The number of methoxy groups -OCH3 is 1. The molecule has 1 aromatic heterocycles. The van der Waals surface area contributed by atoms with E-state index in [4.69, 9.17) is 4.74 Å². The Morgan fingerprint density at radius 1 is 1.26 bits per heavy atom. The molecule has 0 aliphatic carbocycles. The third-order valence-corrected chi connectivity index (χ3v) is 5.51. The zero-order valence-electron chi connectivity index (χ0n) is 14.8. The van der Waals surface area contributed by atoms with Crippen LogP contribution >= 0.6 is 11.8 Å². The number of nitrogens with zero attached hydrogens (tertiary/aromatic N) is 1. The minimum absolute atomic E-state index is 0.0477. The Morgan fingerprint density at radius 2 is 2.15 bits per heavy atom. The number of fused-ring (bicyclic) bond motifs is 2. The minimum Gasteiger partial charge on any atom is -0.383 e. The van der Waals surface area contributed by atoms with E-state index in [0.29, 0.717) is 23.6 Å². The molecule has 0 saturated heterocycles. The first-order valence-corrected chi connectivity index (χ1v) is 9.58. The highest BCUT2D eigenvalue weighted by Gasteiger charge is 2.17. The van der Waals surface area contributed by atoms with Gasteiger partial charge in [0.1, 0.15) is 0 Å². The Hall–Kier alpha value is -2.77. The van der Waals surface area contributed by atoms with Gasteiger partial charge in [-0.1, -0.05) is 0 Å². The summed E-state index contributed by atoms with van der Waals surface area (Å²) in [6.45, 7) is 1.43. The molecule has 0 fully saturated rings. The second-order valence-corrected chi connectivity index (χ2v) is 7.29. The lowest BCUT2D eigenvalue weighted by Crippen LogP contribution is -2.19. The lowest BCUT2D eigenvalue weighted by molar-refractivity contribution is -0.113. The van der Waals surface area contributed by atoms with Crippen LogP contribution in [0.5, 0.6) is 0 Å². The molecule has 0 radical (unpaired) electrons. The van der Waals surface area contributed by atoms with E-state index in [1.54, 1.807) is 19.2 Å². The van der Waals surface area contributed by atoms with Crippen LogP contribution in [0.25, 0.3) is 10.9 Å². The SMILES string of the molecule is COCCn1ccc2cc(NC(=O)c3ccc4c(c3)NC(=O)CS4)ccc21. The number of rotatable bonds is 5. The number of amides is 2. The summed E-state index contributed by atoms with van der Waals surface area (Å²) in [7, 11) is 1.68. The van der Waals surface area contributed by atoms with E-state index in [2.05, 4.69) is 15.2 Å². The molecular formula is C20H19N3O3S. The standard InChI is InChI=1S/C20H19N3O3S/c1-26-9-8-23-7-6-13-10-15(3-4-17(13)23)21-20(25)14-2-5-18-16(11-14)22-19(24)12-27-18/h2-7,10-11H,8-9,12H2,1H3,(H,21,25)(H,22,24). The van der Waals surface area contributed by atoms with E-state index in [-0.39, 0.29) is 11.8 Å². The number of nitrogens with one attached hydrogen (secondary N) is 2. The molecule has 6 nitrogen and oxygen atoms in total. The van der Waals surface area contributed by atoms with Crippen molar-refractivity contribution < 1.29 is 14.3 Å². The van der Waals surface area contributed by atoms with Crippen molar-refractivity contribution in [2.45, 2.75) is 11.4 Å². The summed E-state index contributed by atoms with van der Waals surface area (Å²) in [6, 6.07) is 13.2. The molecule has 2 aromatic carbocycles. The van der Waals surface area contributed by atoms with Crippen LogP contribution in [0.3, 0.4) is 0 Å². The van der Waals surface area contributed by atoms with Gasteiger partial charge in [0.25, 0.3) is 5.91 Å². The second-order valence-electron chi connectivity index (χ2n) is 6.28. The molecule has 0 atom stereocenters. The number of ether oxygens (including phenoxy) is 1. The highest BCUT2D eigenvalue weighted by molar-refractivity contribution is 8.00. The van der Waals surface area contributed by atoms with Crippen LogP contribution < -0.4 is 10.6 Å². The second kappa shape index (κ2) is 7.46. The van der Waals surface area contributed by atoms with Gasteiger partial charge in [0.15, 0.2) is 0 Å². The highest BCUT2D eigenvalue weighted by Crippen LogP contribution is 2.32. The zero-order chi connectivity index (χ0) is 18.8. The van der Waals surface area contributed by atoms with Gasteiger partial charge < -0.3 is 19.9 Å². The fraction of sp³-hybridized carbons (Fsp3) is 0.200. The first kappa shape index (κ1) is 17.6. The van der Waals surface area contributed by atoms with Gasteiger partial charge in [-0.2, -0.15) is 0 Å². The van der Waals surface area contributed by atoms with Crippen molar-refractivity contribution in [1.82, 2.24) is 4.57 Å². The Balaban J connectivity index is 1.52. The summed E-state index contributed by atoms with van der Waals surface area (Å²) in [5.74, 6) is 0.150. The molecule has 27 heavy (non-hydrogen) atoms. The molecule has 1 aliphatic heterocycles. The fourth-order valence-corrected chi connectivity index (χ4v) is 3.88. The Morgan fingerprint density at radius 3 is 3.00 bits per heavy atom. The predicted molar refractivity (Wildman–Crippen MR) is 108 cm³/mol. The monoisotopic (exact) mass is 381 g/mol. The van der Waals surface area contributed by atoms with Gasteiger partial charge in [-0.15, -0.1) is 11.8 Å². The molecular weight excluding hydrogens is 362 g/mol. The van der Waals surface area contributed by atoms with E-state index in [1.807, 2.05) is 36.5 Å². The molecule has 4 rings (SSSR count). The Labute approximate surface area is 160 Å². The summed E-state index contributed by atoms with van der Waals surface area (Å²) in [6.07, 6.45) is 2.01. The highest BCUT2D eigenvalue weighted by atomic mass is 32.2. The van der Waals surface area contributed by atoms with Gasteiger partial charge in [0.05, 0.1) is 18.0 Å². The summed E-state index contributed by atoms with van der Waals surface area (Å²) < 4.78 is 7.25. The van der Waals surface area contributed by atoms with Crippen LogP contribution in [0.15, 0.2) is 53.6 Å². The van der Waals surface area contributed by atoms with E-state index >= 15 is 0 Å². The molecule has 138 valence electrons. The molecule has 7 heteroatoms. The number of hydrogen-bond acceptors (Lipinski definition) is 4. The van der Waals surface area contributed by atoms with Crippen molar-refractivity contribution >= 4 is 45.9 Å². The maximum atomic E-state index is 12.6. The van der Waals surface area contributed by atoms with Gasteiger partial charge in [0.2, 0.25) is 5.91 Å². The molecule has 2 heterocycles. The van der Waals surface area contributed by atoms with Crippen molar-refractivity contribution in [2.75, 3.05) is 30.1 Å². The third kappa shape index (κ3) is 3.70. The van der Waals surface area contributed by atoms with Crippen molar-refractivity contribution in [1.29, 1.82) is 0 Å². The lowest BCUT2D eigenvalue weighted by Gasteiger charge is -2.17. The summed E-state index contributed by atoms with van der Waals surface area (Å²) in [5, 5.41) is 6.79. The van der Waals surface area contributed by atoms with E-state index in [0.717, 1.165) is 28.0 Å². The van der Waals surface area contributed by atoms with E-state index < -0.39 is 0 Å². The Kier molecular flexibility index (Phi) is 4.87. The number of anilines is 2. The Bertz CT molecular complexity index is 1030. The van der Waals surface area contributed by atoms with Gasteiger partial charge >= 0.3 is 0 Å². The number of benzene rings is 2. The smallest absolute Gasteiger partial charge is 0.255 e. The third-order valence-electron chi connectivity index (χ3n) is 4.44. The molecule has 0 spiro atoms. The quantitative estimate of drug-likeness (QED) is 0.709. The molecule has 2 N–H and O–H groups in total. The molecule has 0 unspecified atom stereocenters. The number of hydrogen-bond donors (Lipinski definition) is 2. The summed E-state index contributed by atoms with van der Waals surface area (Å²) in [5.41, 5.74) is 3.02. The largest absolute Gasteiger partial charge is 0.383 e. The number of thioether (sulfide) groups is 1. The van der Waals surface area contributed by atoms with Crippen LogP contribution in [-0.2, 0) is 16.1 Å². The van der Waals surface area contributed by atoms with Crippen molar-refractivity contribution in [3.63, 3.8) is 0 Å². The molecule has 2 amide bonds. The molecule has 0 saturated carbocycles. The van der Waals surface area contributed by atoms with Crippen LogP contribution in [0.4, 0.5) is 11.4 Å². The predicted octanol–water partition coefficient (Wildman–Crippen LogP) is 3.58. The first-order valence-electron chi connectivity index (χ1n) is 8.60. The van der Waals surface area contributed by atoms with Crippen LogP contribution in [0, 0.1) is 0 Å². The van der Waals surface area contributed by atoms with E-state index in [9.17, 15) is 9.59 Å². The van der Waals surface area contributed by atoms with Crippen molar-refractivity contribution in [2.24, 2.45) is 0 Å².